The molecule has 3 rings (SSSR count). The molecular weight excluding hydrogens is 321 g/mol. The van der Waals surface area contributed by atoms with Crippen LogP contribution < -0.4 is 11.1 Å². The van der Waals surface area contributed by atoms with Gasteiger partial charge in [0.15, 0.2) is 0 Å². The van der Waals surface area contributed by atoms with Crippen LogP contribution in [0.25, 0.3) is 5.69 Å². The first-order chi connectivity index (χ1) is 12.0. The topological polar surface area (TPSA) is 85.8 Å². The minimum absolute atomic E-state index is 0.132. The van der Waals surface area contributed by atoms with E-state index in [2.05, 4.69) is 15.4 Å². The second kappa shape index (κ2) is 7.23. The van der Waals surface area contributed by atoms with Gasteiger partial charge in [0.1, 0.15) is 24.5 Å². The van der Waals surface area contributed by atoms with Crippen LogP contribution in [-0.4, -0.2) is 20.7 Å². The number of nitrogens with one attached hydrogen (secondary N) is 1. The molecule has 1 amide bonds. The predicted molar refractivity (Wildman–Crippen MR) is 91.2 cm³/mol. The van der Waals surface area contributed by atoms with Gasteiger partial charge in [0, 0.05) is 6.04 Å². The Kier molecular flexibility index (Phi) is 4.85. The molecule has 2 atom stereocenters. The lowest BCUT2D eigenvalue weighted by Gasteiger charge is -2.22. The highest BCUT2D eigenvalue weighted by Crippen LogP contribution is 2.21. The average Bonchev–Trinajstić information content (AvgIpc) is 3.15. The molecule has 0 aliphatic rings. The van der Waals surface area contributed by atoms with E-state index < -0.39 is 11.9 Å². The van der Waals surface area contributed by atoms with Gasteiger partial charge < -0.3 is 5.73 Å². The van der Waals surface area contributed by atoms with Crippen LogP contribution in [0.5, 0.6) is 0 Å². The Morgan fingerprint density at radius 1 is 1.12 bits per heavy atom. The molecule has 0 saturated heterocycles. The fraction of sp³-hybridized carbons (Fsp3) is 0.167. The highest BCUT2D eigenvalue weighted by Gasteiger charge is 2.20. The van der Waals surface area contributed by atoms with Crippen molar-refractivity contribution in [2.45, 2.75) is 19.0 Å². The van der Waals surface area contributed by atoms with Crippen molar-refractivity contribution in [3.05, 3.63) is 78.1 Å². The number of nitrogens with two attached hydrogens (primary N) is 1. The van der Waals surface area contributed by atoms with Crippen LogP contribution in [0.1, 0.15) is 30.1 Å². The van der Waals surface area contributed by atoms with Crippen LogP contribution in [0, 0.1) is 5.82 Å². The normalized spacial score (nSPS) is 13.4. The van der Waals surface area contributed by atoms with Crippen LogP contribution in [0.4, 0.5) is 4.39 Å². The van der Waals surface area contributed by atoms with E-state index in [0.29, 0.717) is 5.56 Å². The Bertz CT molecular complexity index is 831. The van der Waals surface area contributed by atoms with Gasteiger partial charge in [0.05, 0.1) is 5.69 Å². The minimum atomic E-state index is -0.703. The van der Waals surface area contributed by atoms with Crippen molar-refractivity contribution in [2.24, 2.45) is 5.73 Å². The zero-order valence-electron chi connectivity index (χ0n) is 13.6. The molecule has 3 N–H and O–H groups in total. The van der Waals surface area contributed by atoms with E-state index in [0.717, 1.165) is 11.3 Å². The molecule has 0 bridgehead atoms. The highest BCUT2D eigenvalue weighted by atomic mass is 19.1. The van der Waals surface area contributed by atoms with Gasteiger partial charge in [-0.2, -0.15) is 5.10 Å². The fourth-order valence-corrected chi connectivity index (χ4v) is 2.60. The first kappa shape index (κ1) is 16.8. The van der Waals surface area contributed by atoms with E-state index in [1.54, 1.807) is 23.1 Å². The molecule has 0 fully saturated rings. The number of benzene rings is 2. The summed E-state index contributed by atoms with van der Waals surface area (Å²) < 4.78 is 14.7. The summed E-state index contributed by atoms with van der Waals surface area (Å²) in [6, 6.07) is 12.6. The Hall–Kier alpha value is -3.06. The molecule has 1 aromatic heterocycles. The minimum Gasteiger partial charge on any atom is -0.368 e. The Labute approximate surface area is 144 Å². The number of hydrogen-bond acceptors (Lipinski definition) is 4. The van der Waals surface area contributed by atoms with Gasteiger partial charge in [-0.05, 0) is 42.3 Å². The molecule has 128 valence electrons. The summed E-state index contributed by atoms with van der Waals surface area (Å²) in [5.74, 6) is -0.874. The molecular formula is C18H18FN5O. The van der Waals surface area contributed by atoms with Crippen molar-refractivity contribution < 1.29 is 9.18 Å². The number of halogens is 1. The lowest BCUT2D eigenvalue weighted by Crippen LogP contribution is -2.35. The standard InChI is InChI=1S/C18H18FN5O/c1-12(13-4-8-16(9-5-13)24-11-21-10-22-24)23-17(18(20)25)14-2-6-15(19)7-3-14/h2-12,17,23H,1H3,(H2,20,25)/t12-,17-/m0/s1. The van der Waals surface area contributed by atoms with Crippen molar-refractivity contribution in [1.29, 1.82) is 0 Å². The third-order valence-corrected chi connectivity index (χ3v) is 3.98. The number of carbonyl (C=O) groups is 1. The van der Waals surface area contributed by atoms with Gasteiger partial charge in [-0.1, -0.05) is 24.3 Å². The van der Waals surface area contributed by atoms with Crippen molar-refractivity contribution in [3.8, 4) is 5.69 Å². The maximum Gasteiger partial charge on any atom is 0.239 e. The quantitative estimate of drug-likeness (QED) is 0.721. The van der Waals surface area contributed by atoms with E-state index in [9.17, 15) is 9.18 Å². The SMILES string of the molecule is C[C@H](N[C@H](C(N)=O)c1ccc(F)cc1)c1ccc(-n2cncn2)cc1. The molecule has 3 aromatic rings. The predicted octanol–water partition coefficient (Wildman–Crippen LogP) is 2.28. The molecule has 7 heteroatoms. The number of rotatable bonds is 6. The van der Waals surface area contributed by atoms with Gasteiger partial charge in [-0.3, -0.25) is 10.1 Å². The first-order valence-electron chi connectivity index (χ1n) is 7.80. The van der Waals surface area contributed by atoms with E-state index in [1.807, 2.05) is 31.2 Å². The third-order valence-electron chi connectivity index (χ3n) is 3.98. The Morgan fingerprint density at radius 3 is 2.32 bits per heavy atom. The number of hydrogen-bond donors (Lipinski definition) is 2. The summed E-state index contributed by atoms with van der Waals surface area (Å²) in [6.45, 7) is 1.93. The zero-order valence-corrected chi connectivity index (χ0v) is 13.6. The van der Waals surface area contributed by atoms with Crippen LogP contribution in [0.3, 0.4) is 0 Å². The monoisotopic (exact) mass is 339 g/mol. The van der Waals surface area contributed by atoms with E-state index in [-0.39, 0.29) is 11.9 Å². The lowest BCUT2D eigenvalue weighted by molar-refractivity contribution is -0.120. The molecule has 0 saturated carbocycles. The van der Waals surface area contributed by atoms with Crippen molar-refractivity contribution in [1.82, 2.24) is 20.1 Å². The Morgan fingerprint density at radius 2 is 1.76 bits per heavy atom. The number of primary amides is 1. The van der Waals surface area contributed by atoms with Crippen LogP contribution >= 0.6 is 0 Å². The van der Waals surface area contributed by atoms with Gasteiger partial charge >= 0.3 is 0 Å². The Balaban J connectivity index is 1.76. The van der Waals surface area contributed by atoms with E-state index in [1.165, 1.54) is 18.5 Å². The summed E-state index contributed by atoms with van der Waals surface area (Å²) >= 11 is 0. The molecule has 2 aromatic carbocycles. The van der Waals surface area contributed by atoms with Gasteiger partial charge in [-0.15, -0.1) is 0 Å². The first-order valence-corrected chi connectivity index (χ1v) is 7.80. The van der Waals surface area contributed by atoms with Gasteiger partial charge in [0.2, 0.25) is 5.91 Å². The van der Waals surface area contributed by atoms with Gasteiger partial charge in [0.25, 0.3) is 0 Å². The highest BCUT2D eigenvalue weighted by molar-refractivity contribution is 5.81. The largest absolute Gasteiger partial charge is 0.368 e. The van der Waals surface area contributed by atoms with Gasteiger partial charge in [-0.25, -0.2) is 14.1 Å². The van der Waals surface area contributed by atoms with Crippen LogP contribution in [-0.2, 0) is 4.79 Å². The van der Waals surface area contributed by atoms with E-state index in [4.69, 9.17) is 5.73 Å². The average molecular weight is 339 g/mol. The lowest BCUT2D eigenvalue weighted by atomic mass is 10.0. The second-order valence-corrected chi connectivity index (χ2v) is 5.71. The summed E-state index contributed by atoms with van der Waals surface area (Å²) in [6.07, 6.45) is 3.09. The van der Waals surface area contributed by atoms with E-state index >= 15 is 0 Å². The second-order valence-electron chi connectivity index (χ2n) is 5.71. The fourth-order valence-electron chi connectivity index (χ4n) is 2.60. The molecule has 0 aliphatic carbocycles. The number of aromatic nitrogens is 3. The molecule has 0 aliphatic heterocycles. The summed E-state index contributed by atoms with van der Waals surface area (Å²) in [4.78, 5) is 15.7. The number of amides is 1. The molecule has 0 spiro atoms. The maximum absolute atomic E-state index is 13.1. The van der Waals surface area contributed by atoms with Crippen LogP contribution in [0.15, 0.2) is 61.2 Å². The van der Waals surface area contributed by atoms with Crippen molar-refractivity contribution in [2.75, 3.05) is 0 Å². The molecule has 6 nitrogen and oxygen atoms in total. The smallest absolute Gasteiger partial charge is 0.239 e. The maximum atomic E-state index is 13.1. The summed E-state index contributed by atoms with van der Waals surface area (Å²) in [5.41, 5.74) is 8.00. The summed E-state index contributed by atoms with van der Waals surface area (Å²) in [7, 11) is 0. The number of nitrogens with zero attached hydrogens (tertiary/aromatic N) is 3. The molecule has 1 heterocycles. The van der Waals surface area contributed by atoms with Crippen LogP contribution in [0.2, 0.25) is 0 Å². The third kappa shape index (κ3) is 3.89. The van der Waals surface area contributed by atoms with Crippen molar-refractivity contribution in [3.63, 3.8) is 0 Å². The number of carbonyl (C=O) groups excluding carboxylic acids is 1. The molecule has 0 radical (unpaired) electrons. The molecule has 25 heavy (non-hydrogen) atoms. The van der Waals surface area contributed by atoms with Crippen molar-refractivity contribution >= 4 is 5.91 Å². The zero-order chi connectivity index (χ0) is 17.8. The molecule has 0 unspecified atom stereocenters. The summed E-state index contributed by atoms with van der Waals surface area (Å²) in [5, 5.41) is 7.27.